The summed E-state index contributed by atoms with van der Waals surface area (Å²) >= 11 is 1.29. The van der Waals surface area contributed by atoms with E-state index in [1.54, 1.807) is 12.1 Å². The summed E-state index contributed by atoms with van der Waals surface area (Å²) < 4.78 is 18.7. The molecule has 0 spiro atoms. The third-order valence-electron chi connectivity index (χ3n) is 4.70. The van der Waals surface area contributed by atoms with Crippen LogP contribution in [0.2, 0.25) is 0 Å². The van der Waals surface area contributed by atoms with Gasteiger partial charge in [0, 0.05) is 10.6 Å². The number of nitrogens with zero attached hydrogens (tertiary/aromatic N) is 4. The lowest BCUT2D eigenvalue weighted by Gasteiger charge is -2.17. The third-order valence-corrected chi connectivity index (χ3v) is 5.88. The van der Waals surface area contributed by atoms with Gasteiger partial charge in [-0.1, -0.05) is 17.8 Å². The molecule has 33 heavy (non-hydrogen) atoms. The maximum Gasteiger partial charge on any atom is 0.220 e. The molecule has 3 aromatic rings. The zero-order valence-electron chi connectivity index (χ0n) is 19.2. The molecule has 0 radical (unpaired) electrons. The summed E-state index contributed by atoms with van der Waals surface area (Å²) in [5.41, 5.74) is 1.60. The lowest BCUT2D eigenvalue weighted by molar-refractivity contribution is -0.479. The highest BCUT2D eigenvalue weighted by Gasteiger charge is 2.25. The monoisotopic (exact) mass is 472 g/mol. The predicted molar refractivity (Wildman–Crippen MR) is 127 cm³/mol. The number of rotatable bonds is 12. The van der Waals surface area contributed by atoms with Crippen LogP contribution in [0.15, 0.2) is 47.6 Å². The van der Waals surface area contributed by atoms with E-state index in [1.165, 1.54) is 11.8 Å². The molecule has 1 heterocycles. The molecule has 0 aliphatic rings. The zero-order chi connectivity index (χ0) is 23.8. The van der Waals surface area contributed by atoms with Gasteiger partial charge in [0.05, 0.1) is 19.8 Å². The normalized spacial score (nSPS) is 11.8. The Labute approximate surface area is 197 Å². The van der Waals surface area contributed by atoms with Crippen LogP contribution in [-0.4, -0.2) is 46.1 Å². The summed E-state index contributed by atoms with van der Waals surface area (Å²) in [6, 6.07) is 13.0. The Bertz CT molecular complexity index is 1070. The summed E-state index contributed by atoms with van der Waals surface area (Å²) in [6.07, 6.45) is 0. The number of aromatic nitrogens is 3. The molecule has 0 bridgehead atoms. The lowest BCUT2D eigenvalue weighted by Crippen LogP contribution is -2.11. The van der Waals surface area contributed by atoms with Gasteiger partial charge in [-0.15, -0.1) is 10.2 Å². The van der Waals surface area contributed by atoms with E-state index in [1.807, 2.05) is 62.6 Å². The van der Waals surface area contributed by atoms with E-state index in [2.05, 4.69) is 10.2 Å². The van der Waals surface area contributed by atoms with Crippen LogP contribution in [0, 0.1) is 17.0 Å². The molecule has 0 saturated carbocycles. The molecule has 1 atom stereocenters. The lowest BCUT2D eigenvalue weighted by atomic mass is 10.1. The van der Waals surface area contributed by atoms with Crippen LogP contribution in [-0.2, 0) is 0 Å². The van der Waals surface area contributed by atoms with Crippen molar-refractivity contribution in [1.29, 1.82) is 0 Å². The highest BCUT2D eigenvalue weighted by Crippen LogP contribution is 2.39. The molecule has 0 fully saturated rings. The number of thioether (sulfide) groups is 1. The minimum atomic E-state index is -0.500. The van der Waals surface area contributed by atoms with Gasteiger partial charge in [0.1, 0.15) is 16.8 Å². The van der Waals surface area contributed by atoms with Crippen molar-refractivity contribution >= 4 is 11.8 Å². The van der Waals surface area contributed by atoms with E-state index in [0.717, 1.165) is 17.0 Å². The van der Waals surface area contributed by atoms with E-state index in [0.29, 0.717) is 42.3 Å². The summed E-state index contributed by atoms with van der Waals surface area (Å²) in [5.74, 6) is 2.63. The highest BCUT2D eigenvalue weighted by atomic mass is 32.2. The van der Waals surface area contributed by atoms with Gasteiger partial charge < -0.3 is 14.2 Å². The first-order valence-corrected chi connectivity index (χ1v) is 11.7. The van der Waals surface area contributed by atoms with Crippen LogP contribution in [0.3, 0.4) is 0 Å². The molecule has 176 valence electrons. The Morgan fingerprint density at radius 2 is 1.64 bits per heavy atom. The molecule has 0 amide bonds. The van der Waals surface area contributed by atoms with Crippen LogP contribution in [0.5, 0.6) is 17.2 Å². The van der Waals surface area contributed by atoms with Crippen molar-refractivity contribution in [2.24, 2.45) is 0 Å². The summed E-state index contributed by atoms with van der Waals surface area (Å²) in [6.45, 7) is 8.82. The Kier molecular flexibility index (Phi) is 8.53. The van der Waals surface area contributed by atoms with Crippen molar-refractivity contribution in [2.45, 2.75) is 38.1 Å². The van der Waals surface area contributed by atoms with Crippen molar-refractivity contribution in [1.82, 2.24) is 14.8 Å². The summed E-state index contributed by atoms with van der Waals surface area (Å²) in [4.78, 5) is 11.2. The minimum absolute atomic E-state index is 0.278. The van der Waals surface area contributed by atoms with Gasteiger partial charge in [-0.05, 0) is 69.7 Å². The Morgan fingerprint density at radius 1 is 0.970 bits per heavy atom. The average Bonchev–Trinajstić information content (AvgIpc) is 3.15. The van der Waals surface area contributed by atoms with E-state index < -0.39 is 5.25 Å². The van der Waals surface area contributed by atoms with Crippen LogP contribution in [0.1, 0.15) is 37.4 Å². The van der Waals surface area contributed by atoms with Gasteiger partial charge in [0.15, 0.2) is 16.7 Å². The van der Waals surface area contributed by atoms with E-state index >= 15 is 0 Å². The van der Waals surface area contributed by atoms with Crippen LogP contribution in [0.4, 0.5) is 0 Å². The van der Waals surface area contributed by atoms with Gasteiger partial charge in [-0.3, -0.25) is 14.7 Å². The average molecular weight is 473 g/mol. The van der Waals surface area contributed by atoms with E-state index in [-0.39, 0.29) is 11.5 Å². The van der Waals surface area contributed by atoms with Gasteiger partial charge in [0.25, 0.3) is 0 Å². The topological polar surface area (TPSA) is 102 Å². The molecule has 0 aliphatic carbocycles. The van der Waals surface area contributed by atoms with E-state index in [9.17, 15) is 10.1 Å². The fraction of sp³-hybridized carbons (Fsp3) is 0.391. The van der Waals surface area contributed by atoms with Gasteiger partial charge in [-0.25, -0.2) is 0 Å². The predicted octanol–water partition coefficient (Wildman–Crippen LogP) is 4.88. The fourth-order valence-corrected chi connectivity index (χ4v) is 4.48. The molecule has 0 saturated heterocycles. The summed E-state index contributed by atoms with van der Waals surface area (Å²) in [5, 5.41) is 20.1. The molecule has 2 aromatic carbocycles. The molecular weight excluding hydrogens is 444 g/mol. The molecule has 3 rings (SSSR count). The quantitative estimate of drug-likeness (QED) is 0.209. The van der Waals surface area contributed by atoms with Crippen molar-refractivity contribution in [3.8, 4) is 22.9 Å². The van der Waals surface area contributed by atoms with Gasteiger partial charge in [0.2, 0.25) is 6.54 Å². The SMILES string of the molecule is CCOc1ccc(-n2c(C)nnc2S[C@H](C[N+](=O)[O-])c2ccc(OCC)c(OCC)c2)cc1. The number of hydrogen-bond acceptors (Lipinski definition) is 8. The number of nitro groups is 1. The maximum absolute atomic E-state index is 11.5. The van der Waals surface area contributed by atoms with Crippen LogP contribution in [0.25, 0.3) is 5.69 Å². The zero-order valence-corrected chi connectivity index (χ0v) is 20.0. The third kappa shape index (κ3) is 6.16. The minimum Gasteiger partial charge on any atom is -0.494 e. The van der Waals surface area contributed by atoms with Crippen molar-refractivity contribution in [3.05, 3.63) is 64.0 Å². The molecule has 10 heteroatoms. The molecule has 0 unspecified atom stereocenters. The fourth-order valence-electron chi connectivity index (χ4n) is 3.32. The standard InChI is InChI=1S/C23H28N4O5S/c1-5-30-19-11-9-18(10-12-19)27-16(4)24-25-23(27)33-22(15-26(28)29)17-8-13-20(31-6-2)21(14-17)32-7-3/h8-14,22H,5-7,15H2,1-4H3/t22-/m1/s1. The maximum atomic E-state index is 11.5. The van der Waals surface area contributed by atoms with Crippen molar-refractivity contribution in [3.63, 3.8) is 0 Å². The van der Waals surface area contributed by atoms with Crippen molar-refractivity contribution in [2.75, 3.05) is 26.4 Å². The van der Waals surface area contributed by atoms with Gasteiger partial charge in [-0.2, -0.15) is 0 Å². The number of hydrogen-bond donors (Lipinski definition) is 0. The molecular formula is C23H28N4O5S. The number of benzene rings is 2. The molecule has 9 nitrogen and oxygen atoms in total. The van der Waals surface area contributed by atoms with Crippen LogP contribution < -0.4 is 14.2 Å². The second-order valence-electron chi connectivity index (χ2n) is 6.99. The molecule has 0 aliphatic heterocycles. The van der Waals surface area contributed by atoms with Gasteiger partial charge >= 0.3 is 0 Å². The highest BCUT2D eigenvalue weighted by molar-refractivity contribution is 7.99. The summed E-state index contributed by atoms with van der Waals surface area (Å²) in [7, 11) is 0. The first-order valence-electron chi connectivity index (χ1n) is 10.8. The second-order valence-corrected chi connectivity index (χ2v) is 8.16. The Balaban J connectivity index is 1.95. The molecule has 1 aromatic heterocycles. The Hall–Kier alpha value is -3.27. The number of aryl methyl sites for hydroxylation is 1. The number of ether oxygens (including phenoxy) is 3. The second kappa shape index (κ2) is 11.6. The first-order chi connectivity index (χ1) is 16.0. The van der Waals surface area contributed by atoms with Crippen LogP contribution >= 0.6 is 11.8 Å². The first kappa shape index (κ1) is 24.4. The Morgan fingerprint density at radius 3 is 2.27 bits per heavy atom. The largest absolute Gasteiger partial charge is 0.494 e. The van der Waals surface area contributed by atoms with E-state index in [4.69, 9.17) is 14.2 Å². The molecule has 0 N–H and O–H groups in total. The smallest absolute Gasteiger partial charge is 0.220 e. The van der Waals surface area contributed by atoms with Crippen molar-refractivity contribution < 1.29 is 19.1 Å².